The number of nitrogens with one attached hydrogen (secondary N) is 2. The minimum absolute atomic E-state index is 0.247. The Hall–Kier alpha value is -3.65. The predicted molar refractivity (Wildman–Crippen MR) is 130 cm³/mol. The number of halogens is 1. The maximum atomic E-state index is 13.2. The minimum Gasteiger partial charge on any atom is -0.319 e. The van der Waals surface area contributed by atoms with Gasteiger partial charge in [-0.25, -0.2) is 9.48 Å². The largest absolute Gasteiger partial charge is 0.325 e. The first-order chi connectivity index (χ1) is 16.0. The van der Waals surface area contributed by atoms with Gasteiger partial charge in [0, 0.05) is 16.5 Å². The van der Waals surface area contributed by atoms with Gasteiger partial charge in [-0.15, -0.1) is 0 Å². The zero-order valence-electron chi connectivity index (χ0n) is 19.4. The first kappa shape index (κ1) is 23.5. The van der Waals surface area contributed by atoms with Crippen LogP contribution in [0.4, 0.5) is 10.6 Å². The molecule has 8 nitrogen and oxygen atoms in total. The van der Waals surface area contributed by atoms with E-state index in [1.54, 1.807) is 41.9 Å². The second kappa shape index (κ2) is 8.61. The van der Waals surface area contributed by atoms with Gasteiger partial charge in [0.15, 0.2) is 0 Å². The van der Waals surface area contributed by atoms with Crippen molar-refractivity contribution in [2.24, 2.45) is 0 Å². The van der Waals surface area contributed by atoms with E-state index in [2.05, 4.69) is 15.7 Å². The first-order valence-corrected chi connectivity index (χ1v) is 11.2. The molecule has 1 aliphatic rings. The lowest BCUT2D eigenvalue weighted by Gasteiger charge is -2.22. The normalized spacial score (nSPS) is 18.2. The van der Waals surface area contributed by atoms with Crippen molar-refractivity contribution in [3.05, 3.63) is 76.9 Å². The van der Waals surface area contributed by atoms with Crippen LogP contribution in [0.25, 0.3) is 5.69 Å². The van der Waals surface area contributed by atoms with E-state index in [-0.39, 0.29) is 5.41 Å². The van der Waals surface area contributed by atoms with E-state index >= 15 is 0 Å². The van der Waals surface area contributed by atoms with Crippen molar-refractivity contribution in [3.8, 4) is 5.69 Å². The Kier molecular flexibility index (Phi) is 5.95. The molecule has 4 rings (SSSR count). The van der Waals surface area contributed by atoms with Gasteiger partial charge in [0.2, 0.25) is 5.91 Å². The summed E-state index contributed by atoms with van der Waals surface area (Å²) in [6, 6.07) is 17.3. The van der Waals surface area contributed by atoms with Crippen molar-refractivity contribution in [3.63, 3.8) is 0 Å². The molecule has 0 radical (unpaired) electrons. The molecule has 176 valence electrons. The van der Waals surface area contributed by atoms with Crippen molar-refractivity contribution in [2.75, 3.05) is 11.9 Å². The summed E-state index contributed by atoms with van der Waals surface area (Å²) in [4.78, 5) is 39.7. The molecule has 0 saturated carbocycles. The van der Waals surface area contributed by atoms with Crippen molar-refractivity contribution >= 4 is 35.3 Å². The molecule has 2 N–H and O–H groups in total. The quantitative estimate of drug-likeness (QED) is 0.535. The van der Waals surface area contributed by atoms with E-state index in [9.17, 15) is 14.4 Å². The Morgan fingerprint density at radius 2 is 1.79 bits per heavy atom. The van der Waals surface area contributed by atoms with Gasteiger partial charge in [-0.1, -0.05) is 62.7 Å². The summed E-state index contributed by atoms with van der Waals surface area (Å²) in [5.74, 6) is -0.593. The lowest BCUT2D eigenvalue weighted by molar-refractivity contribution is -0.133. The average molecular weight is 480 g/mol. The molecular formula is C25H26ClN5O3. The van der Waals surface area contributed by atoms with Gasteiger partial charge in [0.25, 0.3) is 5.91 Å². The van der Waals surface area contributed by atoms with Crippen LogP contribution in [-0.4, -0.2) is 39.1 Å². The number of carbonyl (C=O) groups excluding carboxylic acids is 3. The van der Waals surface area contributed by atoms with Crippen molar-refractivity contribution in [1.29, 1.82) is 0 Å². The van der Waals surface area contributed by atoms with Gasteiger partial charge in [0.05, 0.1) is 11.4 Å². The lowest BCUT2D eigenvalue weighted by atomic mass is 9.92. The van der Waals surface area contributed by atoms with E-state index in [0.29, 0.717) is 16.4 Å². The first-order valence-electron chi connectivity index (χ1n) is 10.8. The summed E-state index contributed by atoms with van der Waals surface area (Å²) in [6.45, 7) is 7.24. The van der Waals surface area contributed by atoms with Crippen LogP contribution in [0, 0.1) is 0 Å². The van der Waals surface area contributed by atoms with E-state index in [1.165, 1.54) is 0 Å². The molecule has 1 fully saturated rings. The second-order valence-corrected chi connectivity index (χ2v) is 9.85. The number of aromatic nitrogens is 2. The van der Waals surface area contributed by atoms with Crippen LogP contribution in [0.3, 0.4) is 0 Å². The Morgan fingerprint density at radius 3 is 2.44 bits per heavy atom. The fraction of sp³-hybridized carbons (Fsp3) is 0.280. The molecule has 1 aliphatic heterocycles. The van der Waals surface area contributed by atoms with E-state index in [0.717, 1.165) is 16.3 Å². The molecule has 0 aliphatic carbocycles. The van der Waals surface area contributed by atoms with Crippen LogP contribution in [0.1, 0.15) is 39.0 Å². The average Bonchev–Trinajstić information content (AvgIpc) is 3.30. The molecule has 34 heavy (non-hydrogen) atoms. The minimum atomic E-state index is -1.31. The second-order valence-electron chi connectivity index (χ2n) is 9.42. The Bertz CT molecular complexity index is 1270. The van der Waals surface area contributed by atoms with Crippen molar-refractivity contribution < 1.29 is 14.4 Å². The van der Waals surface area contributed by atoms with Gasteiger partial charge in [-0.05, 0) is 36.8 Å². The monoisotopic (exact) mass is 479 g/mol. The smallest absolute Gasteiger partial charge is 0.319 e. The van der Waals surface area contributed by atoms with Crippen LogP contribution in [0.2, 0.25) is 5.02 Å². The number of amides is 4. The third kappa shape index (κ3) is 4.41. The summed E-state index contributed by atoms with van der Waals surface area (Å²) >= 11 is 6.07. The highest BCUT2D eigenvalue weighted by Gasteiger charge is 2.49. The summed E-state index contributed by atoms with van der Waals surface area (Å²) in [6.07, 6.45) is 0. The van der Waals surface area contributed by atoms with Gasteiger partial charge in [-0.2, -0.15) is 5.10 Å². The molecule has 0 bridgehead atoms. The number of benzene rings is 2. The molecule has 2 aromatic carbocycles. The third-order valence-corrected chi connectivity index (χ3v) is 5.96. The zero-order valence-corrected chi connectivity index (χ0v) is 20.2. The molecule has 1 saturated heterocycles. The highest BCUT2D eigenvalue weighted by Crippen LogP contribution is 2.31. The number of anilines is 1. The van der Waals surface area contributed by atoms with Crippen molar-refractivity contribution in [1.82, 2.24) is 20.0 Å². The third-order valence-electron chi connectivity index (χ3n) is 5.72. The highest BCUT2D eigenvalue weighted by atomic mass is 35.5. The fourth-order valence-corrected chi connectivity index (χ4v) is 3.95. The highest BCUT2D eigenvalue weighted by molar-refractivity contribution is 6.30. The van der Waals surface area contributed by atoms with Crippen LogP contribution in [0.15, 0.2) is 60.7 Å². The molecular weight excluding hydrogens is 454 g/mol. The van der Waals surface area contributed by atoms with E-state index in [1.807, 2.05) is 51.1 Å². The number of para-hydroxylation sites is 1. The van der Waals surface area contributed by atoms with Gasteiger partial charge in [0.1, 0.15) is 17.9 Å². The lowest BCUT2D eigenvalue weighted by Crippen LogP contribution is -2.42. The zero-order chi connectivity index (χ0) is 24.7. The van der Waals surface area contributed by atoms with Crippen LogP contribution in [0.5, 0.6) is 0 Å². The van der Waals surface area contributed by atoms with Crippen molar-refractivity contribution in [2.45, 2.75) is 38.6 Å². The number of hydrogen-bond donors (Lipinski definition) is 2. The molecule has 3 aromatic rings. The van der Waals surface area contributed by atoms with Gasteiger partial charge >= 0.3 is 6.03 Å². The number of hydrogen-bond acceptors (Lipinski definition) is 4. The number of nitrogens with zero attached hydrogens (tertiary/aromatic N) is 3. The maximum absolute atomic E-state index is 13.2. The summed E-state index contributed by atoms with van der Waals surface area (Å²) in [7, 11) is 0. The van der Waals surface area contributed by atoms with Gasteiger partial charge in [-0.3, -0.25) is 14.5 Å². The van der Waals surface area contributed by atoms with Crippen LogP contribution in [-0.2, 0) is 20.5 Å². The predicted octanol–water partition coefficient (Wildman–Crippen LogP) is 4.23. The maximum Gasteiger partial charge on any atom is 0.325 e. The fourth-order valence-electron chi connectivity index (χ4n) is 3.76. The molecule has 2 heterocycles. The SMILES string of the molecule is CC(C)(C)c1cc(NC(=O)CN2C(=O)NC(C)(c3cccc(Cl)c3)C2=O)n(-c2ccccc2)n1. The molecule has 0 spiro atoms. The van der Waals surface area contributed by atoms with Gasteiger partial charge < -0.3 is 10.6 Å². The number of carbonyl (C=O) groups is 3. The Balaban J connectivity index is 1.57. The number of urea groups is 1. The number of imide groups is 1. The summed E-state index contributed by atoms with van der Waals surface area (Å²) in [5, 5.41) is 10.6. The molecule has 4 amide bonds. The van der Waals surface area contributed by atoms with Crippen LogP contribution >= 0.6 is 11.6 Å². The molecule has 1 unspecified atom stereocenters. The molecule has 1 atom stereocenters. The van der Waals surface area contributed by atoms with E-state index in [4.69, 9.17) is 11.6 Å². The summed E-state index contributed by atoms with van der Waals surface area (Å²) < 4.78 is 1.64. The molecule has 1 aromatic heterocycles. The topological polar surface area (TPSA) is 96.3 Å². The molecule has 9 heteroatoms. The number of rotatable bonds is 5. The standard InChI is InChI=1S/C25H26ClN5O3/c1-24(2,3)19-14-20(31(29-19)18-11-6-5-7-12-18)27-21(32)15-30-22(33)25(4,28-23(30)34)16-9-8-10-17(26)13-16/h5-14H,15H2,1-4H3,(H,27,32)(H,28,34). The van der Waals surface area contributed by atoms with Crippen LogP contribution < -0.4 is 10.6 Å². The summed E-state index contributed by atoms with van der Waals surface area (Å²) in [5.41, 5.74) is 0.543. The Morgan fingerprint density at radius 1 is 1.09 bits per heavy atom. The van der Waals surface area contributed by atoms with E-state index < -0.39 is 29.9 Å². The Labute approximate surface area is 202 Å².